The lowest BCUT2D eigenvalue weighted by atomic mass is 10.3. The van der Waals surface area contributed by atoms with Crippen molar-refractivity contribution in [2.75, 3.05) is 6.26 Å². The highest BCUT2D eigenvalue weighted by molar-refractivity contribution is 7.98. The van der Waals surface area contributed by atoms with Crippen molar-refractivity contribution >= 4 is 33.8 Å². The van der Waals surface area contributed by atoms with E-state index in [-0.39, 0.29) is 0 Å². The van der Waals surface area contributed by atoms with Crippen LogP contribution in [0, 0.1) is 0 Å². The fourth-order valence-corrected chi connectivity index (χ4v) is 3.00. The number of thiophene rings is 1. The second kappa shape index (κ2) is 4.94. The van der Waals surface area contributed by atoms with Crippen molar-refractivity contribution in [1.29, 1.82) is 0 Å². The first-order valence-electron chi connectivity index (χ1n) is 4.32. The van der Waals surface area contributed by atoms with E-state index in [0.717, 1.165) is 10.6 Å². The number of hydrogen-bond acceptors (Lipinski definition) is 6. The summed E-state index contributed by atoms with van der Waals surface area (Å²) in [6.07, 6.45) is 3.57. The maximum atomic E-state index is 10.8. The zero-order valence-electron chi connectivity index (χ0n) is 8.28. The molecule has 0 N–H and O–H groups in total. The lowest BCUT2D eigenvalue weighted by molar-refractivity contribution is 0.616. The minimum Gasteiger partial charge on any atom is -0.231 e. The molecule has 0 spiro atoms. The SMILES string of the molecule is CSc1nccc(-c2ccc([SH](=O)=O)s2)n1. The van der Waals surface area contributed by atoms with Crippen LogP contribution in [0.25, 0.3) is 10.6 Å². The first kappa shape index (κ1) is 11.6. The summed E-state index contributed by atoms with van der Waals surface area (Å²) in [5.74, 6) is 0. The number of thiol groups is 1. The molecule has 7 heteroatoms. The van der Waals surface area contributed by atoms with Crippen molar-refractivity contribution in [3.8, 4) is 10.6 Å². The van der Waals surface area contributed by atoms with Crippen molar-refractivity contribution < 1.29 is 8.42 Å². The molecule has 0 unspecified atom stereocenters. The maximum absolute atomic E-state index is 10.8. The normalized spacial score (nSPS) is 10.9. The first-order chi connectivity index (χ1) is 7.70. The number of aromatic nitrogens is 2. The third-order valence-corrected chi connectivity index (χ3v) is 4.54. The summed E-state index contributed by atoms with van der Waals surface area (Å²) in [5.41, 5.74) is 0.757. The van der Waals surface area contributed by atoms with Gasteiger partial charge >= 0.3 is 0 Å². The molecular formula is C9H8N2O2S3. The molecule has 0 amide bonds. The van der Waals surface area contributed by atoms with Gasteiger partial charge in [-0.1, -0.05) is 11.8 Å². The summed E-state index contributed by atoms with van der Waals surface area (Å²) < 4.78 is 21.9. The van der Waals surface area contributed by atoms with Crippen LogP contribution in [-0.2, 0) is 10.7 Å². The van der Waals surface area contributed by atoms with E-state index < -0.39 is 10.7 Å². The summed E-state index contributed by atoms with van der Waals surface area (Å²) in [6.45, 7) is 0. The zero-order valence-corrected chi connectivity index (χ0v) is 10.8. The Balaban J connectivity index is 2.42. The quantitative estimate of drug-likeness (QED) is 0.525. The molecule has 4 nitrogen and oxygen atoms in total. The van der Waals surface area contributed by atoms with E-state index in [9.17, 15) is 8.42 Å². The molecular weight excluding hydrogens is 264 g/mol. The molecule has 2 aromatic heterocycles. The predicted octanol–water partition coefficient (Wildman–Crippen LogP) is 1.90. The van der Waals surface area contributed by atoms with Crippen LogP contribution in [0.4, 0.5) is 0 Å². The van der Waals surface area contributed by atoms with Crippen LogP contribution in [0.3, 0.4) is 0 Å². The minimum absolute atomic E-state index is 0.356. The van der Waals surface area contributed by atoms with Crippen LogP contribution in [0.2, 0.25) is 0 Å². The van der Waals surface area contributed by atoms with Gasteiger partial charge in [0.05, 0.1) is 10.6 Å². The molecule has 0 aromatic carbocycles. The standard InChI is InChI=1S/C9H8N2O2S3/c1-14-9-10-5-4-6(11-9)7-2-3-8(15-7)16(12)13/h2-5,16H,1H3. The molecule has 0 aliphatic rings. The van der Waals surface area contributed by atoms with Gasteiger partial charge in [-0.25, -0.2) is 18.4 Å². The van der Waals surface area contributed by atoms with E-state index >= 15 is 0 Å². The van der Waals surface area contributed by atoms with Crippen molar-refractivity contribution in [2.45, 2.75) is 9.37 Å². The van der Waals surface area contributed by atoms with Crippen LogP contribution in [0.15, 0.2) is 33.8 Å². The molecule has 0 aliphatic heterocycles. The molecule has 0 saturated carbocycles. The molecule has 2 aromatic rings. The maximum Gasteiger partial charge on any atom is 0.187 e. The van der Waals surface area contributed by atoms with Crippen molar-refractivity contribution in [2.24, 2.45) is 0 Å². The van der Waals surface area contributed by atoms with Gasteiger partial charge in [-0.15, -0.1) is 11.3 Å². The Morgan fingerprint density at radius 3 is 2.75 bits per heavy atom. The van der Waals surface area contributed by atoms with Gasteiger partial charge in [-0.05, 0) is 24.5 Å². The molecule has 0 atom stereocenters. The van der Waals surface area contributed by atoms with Gasteiger partial charge in [0.25, 0.3) is 0 Å². The van der Waals surface area contributed by atoms with Gasteiger partial charge in [0.2, 0.25) is 0 Å². The smallest absolute Gasteiger partial charge is 0.187 e. The molecule has 0 aliphatic carbocycles. The third-order valence-electron chi connectivity index (χ3n) is 1.84. The van der Waals surface area contributed by atoms with E-state index in [2.05, 4.69) is 9.97 Å². The van der Waals surface area contributed by atoms with Crippen LogP contribution in [0.1, 0.15) is 0 Å². The molecule has 0 fully saturated rings. The van der Waals surface area contributed by atoms with E-state index in [1.165, 1.54) is 23.1 Å². The van der Waals surface area contributed by atoms with E-state index in [1.54, 1.807) is 24.4 Å². The fraction of sp³-hybridized carbons (Fsp3) is 0.111. The number of nitrogens with zero attached hydrogens (tertiary/aromatic N) is 2. The first-order valence-corrected chi connectivity index (χ1v) is 7.54. The molecule has 2 rings (SSSR count). The van der Waals surface area contributed by atoms with E-state index in [1.807, 2.05) is 6.26 Å². The van der Waals surface area contributed by atoms with Crippen LogP contribution >= 0.6 is 23.1 Å². The molecule has 84 valence electrons. The Bertz CT molecular complexity index is 570. The van der Waals surface area contributed by atoms with Gasteiger partial charge in [-0.2, -0.15) is 0 Å². The topological polar surface area (TPSA) is 59.9 Å². The lowest BCUT2D eigenvalue weighted by Gasteiger charge is -1.97. The molecule has 2 heterocycles. The van der Waals surface area contributed by atoms with Crippen LogP contribution in [-0.4, -0.2) is 24.6 Å². The Morgan fingerprint density at radius 2 is 2.12 bits per heavy atom. The Hall–Kier alpha value is -0.920. The lowest BCUT2D eigenvalue weighted by Crippen LogP contribution is -1.86. The monoisotopic (exact) mass is 272 g/mol. The van der Waals surface area contributed by atoms with Gasteiger partial charge < -0.3 is 0 Å². The third kappa shape index (κ3) is 2.42. The van der Waals surface area contributed by atoms with E-state index in [0.29, 0.717) is 9.37 Å². The van der Waals surface area contributed by atoms with Gasteiger partial charge in [0, 0.05) is 6.20 Å². The average Bonchev–Trinajstić information content (AvgIpc) is 2.78. The highest BCUT2D eigenvalue weighted by Gasteiger charge is 2.06. The Morgan fingerprint density at radius 1 is 1.31 bits per heavy atom. The van der Waals surface area contributed by atoms with Gasteiger partial charge in [0.1, 0.15) is 4.21 Å². The summed E-state index contributed by atoms with van der Waals surface area (Å²) >= 11 is 2.67. The van der Waals surface area contributed by atoms with Gasteiger partial charge in [-0.3, -0.25) is 0 Å². The summed E-state index contributed by atoms with van der Waals surface area (Å²) in [4.78, 5) is 9.20. The summed E-state index contributed by atoms with van der Waals surface area (Å²) in [7, 11) is -2.51. The molecule has 0 radical (unpaired) electrons. The number of hydrogen-bond donors (Lipinski definition) is 1. The van der Waals surface area contributed by atoms with Crippen LogP contribution in [0.5, 0.6) is 0 Å². The largest absolute Gasteiger partial charge is 0.231 e. The molecule has 0 bridgehead atoms. The zero-order chi connectivity index (χ0) is 11.5. The number of thioether (sulfide) groups is 1. The molecule has 16 heavy (non-hydrogen) atoms. The van der Waals surface area contributed by atoms with Crippen LogP contribution < -0.4 is 0 Å². The van der Waals surface area contributed by atoms with E-state index in [4.69, 9.17) is 0 Å². The van der Waals surface area contributed by atoms with Crippen molar-refractivity contribution in [1.82, 2.24) is 9.97 Å². The predicted molar refractivity (Wildman–Crippen MR) is 65.7 cm³/mol. The highest BCUT2D eigenvalue weighted by Crippen LogP contribution is 2.27. The van der Waals surface area contributed by atoms with Crippen molar-refractivity contribution in [3.63, 3.8) is 0 Å². The summed E-state index contributed by atoms with van der Waals surface area (Å²) in [5, 5.41) is 0.680. The van der Waals surface area contributed by atoms with Gasteiger partial charge in [0.15, 0.2) is 15.9 Å². The average molecular weight is 272 g/mol. The Kier molecular flexibility index (Phi) is 3.57. The number of rotatable bonds is 3. The molecule has 0 saturated heterocycles. The highest BCUT2D eigenvalue weighted by atomic mass is 32.2. The van der Waals surface area contributed by atoms with Crippen molar-refractivity contribution in [3.05, 3.63) is 24.4 Å². The fourth-order valence-electron chi connectivity index (χ4n) is 1.14. The minimum atomic E-state index is -2.51. The Labute approximate surface area is 103 Å². The second-order valence-corrected chi connectivity index (χ2v) is 5.98. The summed E-state index contributed by atoms with van der Waals surface area (Å²) in [6, 6.07) is 5.12. The second-order valence-electron chi connectivity index (χ2n) is 2.82.